The quantitative estimate of drug-likeness (QED) is 0.848. The molecular weight excluding hydrogens is 342 g/mol. The van der Waals surface area contributed by atoms with Gasteiger partial charge in [-0.15, -0.1) is 0 Å². The summed E-state index contributed by atoms with van der Waals surface area (Å²) in [6, 6.07) is 5.61. The van der Waals surface area contributed by atoms with E-state index in [1.165, 1.54) is 10.6 Å². The fraction of sp³-hybridized carbons (Fsp3) is 0.529. The van der Waals surface area contributed by atoms with Gasteiger partial charge in [0.1, 0.15) is 0 Å². The number of rotatable bonds is 3. The van der Waals surface area contributed by atoms with Crippen LogP contribution in [0.25, 0.3) is 0 Å². The van der Waals surface area contributed by atoms with Crippen molar-refractivity contribution < 1.29 is 18.0 Å². The van der Waals surface area contributed by atoms with Crippen molar-refractivity contribution in [1.82, 2.24) is 9.21 Å². The Morgan fingerprint density at radius 2 is 1.84 bits per heavy atom. The van der Waals surface area contributed by atoms with Gasteiger partial charge in [0.25, 0.3) is 0 Å². The number of carbonyl (C=O) groups is 2. The van der Waals surface area contributed by atoms with Gasteiger partial charge in [-0.1, -0.05) is 12.1 Å². The van der Waals surface area contributed by atoms with Crippen LogP contribution in [0, 0.1) is 0 Å². The molecule has 136 valence electrons. The maximum absolute atomic E-state index is 12.5. The first-order valence-corrected chi connectivity index (χ1v) is 10.1. The largest absolute Gasteiger partial charge is 0.340 e. The van der Waals surface area contributed by atoms with Gasteiger partial charge in [0.05, 0.1) is 18.1 Å². The molecule has 2 aliphatic heterocycles. The van der Waals surface area contributed by atoms with E-state index >= 15 is 0 Å². The molecule has 0 saturated carbocycles. The lowest BCUT2D eigenvalue weighted by Gasteiger charge is -2.33. The summed E-state index contributed by atoms with van der Waals surface area (Å²) in [6.07, 6.45) is 1.43. The number of benzene rings is 1. The van der Waals surface area contributed by atoms with Gasteiger partial charge in [-0.05, 0) is 31.0 Å². The van der Waals surface area contributed by atoms with Crippen LogP contribution in [0.1, 0.15) is 25.0 Å². The lowest BCUT2D eigenvalue weighted by Crippen LogP contribution is -2.50. The average Bonchev–Trinajstić information content (AvgIpc) is 2.77. The van der Waals surface area contributed by atoms with E-state index in [4.69, 9.17) is 0 Å². The van der Waals surface area contributed by atoms with Gasteiger partial charge in [0.2, 0.25) is 21.8 Å². The van der Waals surface area contributed by atoms with Gasteiger partial charge < -0.3 is 10.2 Å². The van der Waals surface area contributed by atoms with Gasteiger partial charge in [0.15, 0.2) is 0 Å². The van der Waals surface area contributed by atoms with Crippen molar-refractivity contribution in [3.8, 4) is 0 Å². The number of nitrogens with one attached hydrogen (secondary N) is 1. The molecule has 1 fully saturated rings. The van der Waals surface area contributed by atoms with Gasteiger partial charge >= 0.3 is 0 Å². The van der Waals surface area contributed by atoms with E-state index in [0.29, 0.717) is 26.2 Å². The number of hydrogen-bond donors (Lipinski definition) is 1. The molecule has 1 aromatic rings. The van der Waals surface area contributed by atoms with Crippen molar-refractivity contribution in [3.63, 3.8) is 0 Å². The van der Waals surface area contributed by atoms with Crippen molar-refractivity contribution in [3.05, 3.63) is 29.3 Å². The normalized spacial score (nSPS) is 20.3. The minimum Gasteiger partial charge on any atom is -0.340 e. The summed E-state index contributed by atoms with van der Waals surface area (Å²) in [5, 5.41) is 2.85. The molecule has 8 heteroatoms. The van der Waals surface area contributed by atoms with Crippen LogP contribution in [0.3, 0.4) is 0 Å². The smallest absolute Gasteiger partial charge is 0.234 e. The maximum atomic E-state index is 12.5. The van der Waals surface area contributed by atoms with Crippen molar-refractivity contribution in [1.29, 1.82) is 0 Å². The summed E-state index contributed by atoms with van der Waals surface area (Å²) in [6.45, 7) is 5.21. The fourth-order valence-corrected chi connectivity index (χ4v) is 4.11. The number of nitrogens with zero attached hydrogens (tertiary/aromatic N) is 2. The number of amides is 2. The van der Waals surface area contributed by atoms with Crippen molar-refractivity contribution in [2.75, 3.05) is 37.8 Å². The van der Waals surface area contributed by atoms with Crippen molar-refractivity contribution in [2.24, 2.45) is 0 Å². The Bertz CT molecular complexity index is 824. The predicted molar refractivity (Wildman–Crippen MR) is 94.8 cm³/mol. The Morgan fingerprint density at radius 3 is 2.44 bits per heavy atom. The molecule has 7 nitrogen and oxygen atoms in total. The Hall–Kier alpha value is -1.93. The van der Waals surface area contributed by atoms with E-state index in [2.05, 4.69) is 5.32 Å². The third-order valence-corrected chi connectivity index (χ3v) is 6.29. The highest BCUT2D eigenvalue weighted by atomic mass is 32.2. The number of sulfonamides is 1. The number of anilines is 1. The fourth-order valence-electron chi connectivity index (χ4n) is 3.28. The molecule has 1 N–H and O–H groups in total. The molecule has 0 spiro atoms. The molecule has 2 amide bonds. The number of carbonyl (C=O) groups excluding carboxylic acids is 2. The maximum Gasteiger partial charge on any atom is 0.234 e. The molecule has 2 aliphatic rings. The van der Waals surface area contributed by atoms with Crippen LogP contribution in [-0.2, 0) is 31.4 Å². The van der Waals surface area contributed by atoms with Crippen LogP contribution in [0.4, 0.5) is 5.69 Å². The minimum atomic E-state index is -3.20. The molecule has 3 rings (SSSR count). The molecule has 0 unspecified atom stereocenters. The summed E-state index contributed by atoms with van der Waals surface area (Å²) in [5.74, 6) is -0.0638. The first kappa shape index (κ1) is 17.9. The summed E-state index contributed by atoms with van der Waals surface area (Å²) < 4.78 is 24.5. The predicted octanol–water partition coefficient (Wildman–Crippen LogP) is 0.563. The summed E-state index contributed by atoms with van der Waals surface area (Å²) in [7, 11) is -3.20. The first-order chi connectivity index (χ1) is 11.6. The van der Waals surface area contributed by atoms with Crippen LogP contribution < -0.4 is 5.32 Å². The highest BCUT2D eigenvalue weighted by molar-refractivity contribution is 7.88. The molecule has 1 saturated heterocycles. The van der Waals surface area contributed by atoms with E-state index in [0.717, 1.165) is 16.8 Å². The lowest BCUT2D eigenvalue weighted by atomic mass is 9.85. The number of hydrogen-bond acceptors (Lipinski definition) is 4. The van der Waals surface area contributed by atoms with E-state index in [-0.39, 0.29) is 18.2 Å². The molecule has 25 heavy (non-hydrogen) atoms. The van der Waals surface area contributed by atoms with E-state index in [1.54, 1.807) is 4.90 Å². The topological polar surface area (TPSA) is 86.8 Å². The highest BCUT2D eigenvalue weighted by Gasteiger charge is 2.38. The third kappa shape index (κ3) is 3.41. The van der Waals surface area contributed by atoms with E-state index in [1.807, 2.05) is 32.0 Å². The molecule has 0 aliphatic carbocycles. The second-order valence-electron chi connectivity index (χ2n) is 7.18. The molecule has 0 bridgehead atoms. The zero-order valence-corrected chi connectivity index (χ0v) is 15.5. The Labute approximate surface area is 148 Å². The molecule has 0 atom stereocenters. The van der Waals surface area contributed by atoms with Gasteiger partial charge in [-0.25, -0.2) is 8.42 Å². The lowest BCUT2D eigenvalue weighted by molar-refractivity contribution is -0.131. The second-order valence-corrected chi connectivity index (χ2v) is 9.16. The number of piperazine rings is 1. The Morgan fingerprint density at radius 1 is 1.20 bits per heavy atom. The van der Waals surface area contributed by atoms with Crippen molar-refractivity contribution in [2.45, 2.75) is 25.7 Å². The van der Waals surface area contributed by atoms with Gasteiger partial charge in [-0.3, -0.25) is 9.59 Å². The van der Waals surface area contributed by atoms with Crippen LogP contribution in [0.5, 0.6) is 0 Å². The first-order valence-electron chi connectivity index (χ1n) is 8.27. The van der Waals surface area contributed by atoms with E-state index in [9.17, 15) is 18.0 Å². The van der Waals surface area contributed by atoms with Crippen LogP contribution in [-0.4, -0.2) is 61.9 Å². The van der Waals surface area contributed by atoms with Gasteiger partial charge in [0, 0.05) is 31.9 Å². The zero-order chi connectivity index (χ0) is 18.4. The molecule has 0 aromatic heterocycles. The highest BCUT2D eigenvalue weighted by Crippen LogP contribution is 2.37. The molecule has 0 radical (unpaired) electrons. The monoisotopic (exact) mass is 365 g/mol. The van der Waals surface area contributed by atoms with Crippen LogP contribution in [0.2, 0.25) is 0 Å². The van der Waals surface area contributed by atoms with Crippen LogP contribution >= 0.6 is 0 Å². The molecule has 2 heterocycles. The second kappa shape index (κ2) is 6.10. The summed E-state index contributed by atoms with van der Waals surface area (Å²) in [5.41, 5.74) is 1.96. The van der Waals surface area contributed by atoms with Crippen LogP contribution in [0.15, 0.2) is 18.2 Å². The third-order valence-electron chi connectivity index (χ3n) is 4.99. The minimum absolute atomic E-state index is 0.0248. The standard InChI is InChI=1S/C17H23N3O4S/c1-17(2)13-10-12(4-5-14(13)18-16(17)22)11-15(21)19-6-8-20(9-7-19)25(3,23)24/h4-5,10H,6-9,11H2,1-3H3,(H,18,22). The average molecular weight is 365 g/mol. The van der Waals surface area contributed by atoms with E-state index < -0.39 is 15.4 Å². The Balaban J connectivity index is 1.67. The molecular formula is C17H23N3O4S. The zero-order valence-electron chi connectivity index (χ0n) is 14.7. The summed E-state index contributed by atoms with van der Waals surface area (Å²) in [4.78, 5) is 26.2. The Kier molecular flexibility index (Phi) is 4.36. The SMILES string of the molecule is CC1(C)C(=O)Nc2ccc(CC(=O)N3CCN(S(C)(=O)=O)CC3)cc21. The summed E-state index contributed by atoms with van der Waals surface area (Å²) >= 11 is 0. The van der Waals surface area contributed by atoms with Gasteiger partial charge in [-0.2, -0.15) is 4.31 Å². The molecule has 1 aromatic carbocycles. The van der Waals surface area contributed by atoms with Crippen molar-refractivity contribution >= 4 is 27.5 Å². The number of fused-ring (bicyclic) bond motifs is 1.